The first kappa shape index (κ1) is 14.6. The van der Waals surface area contributed by atoms with Crippen molar-refractivity contribution in [1.82, 2.24) is 5.32 Å². The van der Waals surface area contributed by atoms with Gasteiger partial charge in [-0.2, -0.15) is 0 Å². The number of nitrogens with one attached hydrogen (secondary N) is 1. The van der Waals surface area contributed by atoms with E-state index in [9.17, 15) is 9.90 Å². The molecular formula is C15H17NO3S. The second-order valence-electron chi connectivity index (χ2n) is 4.20. The summed E-state index contributed by atoms with van der Waals surface area (Å²) < 4.78 is 5.50. The van der Waals surface area contributed by atoms with Gasteiger partial charge in [0, 0.05) is 17.0 Å². The third kappa shape index (κ3) is 3.59. The van der Waals surface area contributed by atoms with Crippen LogP contribution in [0.4, 0.5) is 0 Å². The van der Waals surface area contributed by atoms with E-state index >= 15 is 0 Å². The van der Waals surface area contributed by atoms with Crippen LogP contribution in [0.1, 0.15) is 23.4 Å². The Bertz CT molecular complexity index is 554. The molecule has 0 radical (unpaired) electrons. The van der Waals surface area contributed by atoms with Crippen LogP contribution in [-0.4, -0.2) is 17.7 Å². The van der Waals surface area contributed by atoms with Gasteiger partial charge in [-0.15, -0.1) is 11.3 Å². The minimum absolute atomic E-state index is 0.508. The van der Waals surface area contributed by atoms with Crippen molar-refractivity contribution in [1.29, 1.82) is 0 Å². The summed E-state index contributed by atoms with van der Waals surface area (Å²) in [6, 6.07) is 10.4. The lowest BCUT2D eigenvalue weighted by atomic mass is 10.1. The molecule has 1 aromatic heterocycles. The van der Waals surface area contributed by atoms with Gasteiger partial charge >= 0.3 is 5.97 Å². The molecule has 0 aliphatic rings. The number of carbonyl (C=O) groups is 1. The molecule has 2 N–H and O–H groups in total. The van der Waals surface area contributed by atoms with Crippen molar-refractivity contribution >= 4 is 17.3 Å². The van der Waals surface area contributed by atoms with Crippen LogP contribution in [0, 0.1) is 0 Å². The van der Waals surface area contributed by atoms with E-state index in [2.05, 4.69) is 5.32 Å². The van der Waals surface area contributed by atoms with E-state index in [1.165, 1.54) is 0 Å². The van der Waals surface area contributed by atoms with Crippen LogP contribution < -0.4 is 10.1 Å². The van der Waals surface area contributed by atoms with E-state index in [0.717, 1.165) is 4.88 Å². The normalized spacial score (nSPS) is 12.1. The average Bonchev–Trinajstić information content (AvgIpc) is 2.94. The standard InChI is InChI=1S/C15H17NO3S/c1-2-19-13-8-4-3-7-12(13)14(15(17)18)16-10-11-6-5-9-20-11/h3-9,14,16H,2,10H2,1H3,(H,17,18). The lowest BCUT2D eigenvalue weighted by molar-refractivity contribution is -0.139. The summed E-state index contributed by atoms with van der Waals surface area (Å²) in [5.41, 5.74) is 0.651. The van der Waals surface area contributed by atoms with E-state index in [4.69, 9.17) is 4.74 Å². The highest BCUT2D eigenvalue weighted by molar-refractivity contribution is 7.09. The zero-order valence-corrected chi connectivity index (χ0v) is 12.0. The van der Waals surface area contributed by atoms with Crippen LogP contribution in [0.3, 0.4) is 0 Å². The van der Waals surface area contributed by atoms with Crippen molar-refractivity contribution in [3.8, 4) is 5.75 Å². The number of aliphatic carboxylic acids is 1. The van der Waals surface area contributed by atoms with Gasteiger partial charge in [-0.1, -0.05) is 24.3 Å². The monoisotopic (exact) mass is 291 g/mol. The Labute approximate surface area is 122 Å². The molecule has 1 aromatic carbocycles. The number of ether oxygens (including phenoxy) is 1. The van der Waals surface area contributed by atoms with Crippen molar-refractivity contribution in [3.63, 3.8) is 0 Å². The molecule has 1 heterocycles. The second-order valence-corrected chi connectivity index (χ2v) is 5.23. The minimum Gasteiger partial charge on any atom is -0.494 e. The van der Waals surface area contributed by atoms with E-state index in [0.29, 0.717) is 24.5 Å². The Morgan fingerprint density at radius 1 is 1.35 bits per heavy atom. The first-order valence-corrected chi connectivity index (χ1v) is 7.30. The van der Waals surface area contributed by atoms with Gasteiger partial charge in [0.25, 0.3) is 0 Å². The maximum Gasteiger partial charge on any atom is 0.325 e. The van der Waals surface area contributed by atoms with Crippen LogP contribution in [0.25, 0.3) is 0 Å². The molecule has 0 bridgehead atoms. The van der Waals surface area contributed by atoms with Gasteiger partial charge < -0.3 is 9.84 Å². The predicted octanol–water partition coefficient (Wildman–Crippen LogP) is 3.06. The Morgan fingerprint density at radius 3 is 2.80 bits per heavy atom. The number of hydrogen-bond acceptors (Lipinski definition) is 4. The lowest BCUT2D eigenvalue weighted by Crippen LogP contribution is -2.28. The van der Waals surface area contributed by atoms with Crippen LogP contribution in [-0.2, 0) is 11.3 Å². The Kier molecular flexibility index (Phi) is 5.15. The molecule has 0 fully saturated rings. The van der Waals surface area contributed by atoms with Crippen molar-refractivity contribution in [3.05, 3.63) is 52.2 Å². The van der Waals surface area contributed by atoms with Crippen LogP contribution >= 0.6 is 11.3 Å². The molecule has 1 atom stereocenters. The smallest absolute Gasteiger partial charge is 0.325 e. The largest absolute Gasteiger partial charge is 0.494 e. The van der Waals surface area contributed by atoms with E-state index in [1.54, 1.807) is 23.5 Å². The highest BCUT2D eigenvalue weighted by Gasteiger charge is 2.22. The van der Waals surface area contributed by atoms with Crippen LogP contribution in [0.5, 0.6) is 5.75 Å². The SMILES string of the molecule is CCOc1ccccc1C(NCc1cccs1)C(=O)O. The maximum atomic E-state index is 11.5. The molecule has 1 unspecified atom stereocenters. The Balaban J connectivity index is 2.17. The second kappa shape index (κ2) is 7.07. The minimum atomic E-state index is -0.909. The van der Waals surface area contributed by atoms with Gasteiger partial charge in [0.2, 0.25) is 0 Å². The third-order valence-electron chi connectivity index (χ3n) is 2.84. The molecular weight excluding hydrogens is 274 g/mol. The van der Waals surface area contributed by atoms with Crippen molar-refractivity contribution in [2.45, 2.75) is 19.5 Å². The molecule has 0 saturated heterocycles. The van der Waals surface area contributed by atoms with Gasteiger partial charge in [0.05, 0.1) is 6.61 Å². The van der Waals surface area contributed by atoms with Gasteiger partial charge in [-0.05, 0) is 24.4 Å². The molecule has 0 spiro atoms. The van der Waals surface area contributed by atoms with E-state index < -0.39 is 12.0 Å². The Hall–Kier alpha value is -1.85. The number of hydrogen-bond donors (Lipinski definition) is 2. The topological polar surface area (TPSA) is 58.6 Å². The summed E-state index contributed by atoms with van der Waals surface area (Å²) in [4.78, 5) is 12.6. The first-order valence-electron chi connectivity index (χ1n) is 6.42. The van der Waals surface area contributed by atoms with Crippen LogP contribution in [0.2, 0.25) is 0 Å². The fraction of sp³-hybridized carbons (Fsp3) is 0.267. The summed E-state index contributed by atoms with van der Waals surface area (Å²) in [7, 11) is 0. The number of rotatable bonds is 7. The van der Waals surface area contributed by atoms with E-state index in [-0.39, 0.29) is 0 Å². The first-order chi connectivity index (χ1) is 9.72. The molecule has 0 aliphatic carbocycles. The van der Waals surface area contributed by atoms with E-state index in [1.807, 2.05) is 36.6 Å². The fourth-order valence-electron chi connectivity index (χ4n) is 1.95. The fourth-order valence-corrected chi connectivity index (χ4v) is 2.61. The molecule has 2 aromatic rings. The predicted molar refractivity (Wildman–Crippen MR) is 79.1 cm³/mol. The summed E-state index contributed by atoms with van der Waals surface area (Å²) in [5.74, 6) is -0.296. The van der Waals surface area contributed by atoms with Gasteiger partial charge in [-0.3, -0.25) is 10.1 Å². The van der Waals surface area contributed by atoms with Gasteiger partial charge in [-0.25, -0.2) is 0 Å². The number of para-hydroxylation sites is 1. The highest BCUT2D eigenvalue weighted by atomic mass is 32.1. The van der Waals surface area contributed by atoms with Gasteiger partial charge in [0.1, 0.15) is 11.8 Å². The molecule has 4 nitrogen and oxygen atoms in total. The molecule has 2 rings (SSSR count). The number of carboxylic acid groups (broad SMARTS) is 1. The highest BCUT2D eigenvalue weighted by Crippen LogP contribution is 2.26. The lowest BCUT2D eigenvalue weighted by Gasteiger charge is -2.17. The van der Waals surface area contributed by atoms with Gasteiger partial charge in [0.15, 0.2) is 0 Å². The third-order valence-corrected chi connectivity index (χ3v) is 3.71. The zero-order chi connectivity index (χ0) is 14.4. The Morgan fingerprint density at radius 2 is 2.15 bits per heavy atom. The maximum absolute atomic E-state index is 11.5. The molecule has 106 valence electrons. The van der Waals surface area contributed by atoms with Crippen molar-refractivity contribution < 1.29 is 14.6 Å². The summed E-state index contributed by atoms with van der Waals surface area (Å²) in [6.07, 6.45) is 0. The molecule has 20 heavy (non-hydrogen) atoms. The number of thiophene rings is 1. The number of carboxylic acids is 1. The molecule has 5 heteroatoms. The summed E-state index contributed by atoms with van der Waals surface area (Å²) >= 11 is 1.60. The summed E-state index contributed by atoms with van der Waals surface area (Å²) in [6.45, 7) is 2.91. The molecule has 0 saturated carbocycles. The zero-order valence-electron chi connectivity index (χ0n) is 11.2. The van der Waals surface area contributed by atoms with Crippen LogP contribution in [0.15, 0.2) is 41.8 Å². The van der Waals surface area contributed by atoms with Crippen molar-refractivity contribution in [2.75, 3.05) is 6.61 Å². The van der Waals surface area contributed by atoms with Crippen molar-refractivity contribution in [2.24, 2.45) is 0 Å². The molecule has 0 amide bonds. The quantitative estimate of drug-likeness (QED) is 0.823. The average molecular weight is 291 g/mol. The number of benzene rings is 1. The molecule has 0 aliphatic heterocycles. The summed E-state index contributed by atoms with van der Waals surface area (Å²) in [5, 5.41) is 14.5.